The molecule has 2 amide bonds. The van der Waals surface area contributed by atoms with Gasteiger partial charge in [0.1, 0.15) is 11.8 Å². The molecule has 102 valence electrons. The van der Waals surface area contributed by atoms with Crippen LogP contribution < -0.4 is 16.8 Å². The number of aliphatic imine (C=N–C) groups is 1. The predicted octanol–water partition coefficient (Wildman–Crippen LogP) is 0.0862. The first-order valence-corrected chi connectivity index (χ1v) is 5.74. The lowest BCUT2D eigenvalue weighted by atomic mass is 9.97. The van der Waals surface area contributed by atoms with Gasteiger partial charge < -0.3 is 16.8 Å². The van der Waals surface area contributed by atoms with Crippen molar-refractivity contribution in [2.45, 2.75) is 6.04 Å². The van der Waals surface area contributed by atoms with Gasteiger partial charge in [0.25, 0.3) is 0 Å². The largest absolute Gasteiger partial charge is 0.399 e. The van der Waals surface area contributed by atoms with E-state index in [4.69, 9.17) is 11.5 Å². The highest BCUT2D eigenvalue weighted by atomic mass is 16.2. The molecule has 1 aromatic rings. The summed E-state index contributed by atoms with van der Waals surface area (Å²) in [6.07, 6.45) is 2.20. The Balaban J connectivity index is 2.41. The summed E-state index contributed by atoms with van der Waals surface area (Å²) in [6.45, 7) is 0. The molecule has 0 aromatic heterocycles. The predicted molar refractivity (Wildman–Crippen MR) is 73.6 cm³/mol. The molecule has 0 saturated carbocycles. The Morgan fingerprint density at radius 3 is 2.40 bits per heavy atom. The number of anilines is 1. The third kappa shape index (κ3) is 2.89. The number of nitrogens with two attached hydrogens (primary N) is 2. The fourth-order valence-corrected chi connectivity index (χ4v) is 1.71. The Hall–Kier alpha value is -2.96. The van der Waals surface area contributed by atoms with Gasteiger partial charge in [-0.25, -0.2) is 9.79 Å². The second-order valence-corrected chi connectivity index (χ2v) is 4.13. The fourth-order valence-electron chi connectivity index (χ4n) is 1.71. The number of amides is 2. The summed E-state index contributed by atoms with van der Waals surface area (Å²) in [5.41, 5.74) is 11.5. The first-order chi connectivity index (χ1) is 9.47. The molecule has 2 rings (SSSR count). The summed E-state index contributed by atoms with van der Waals surface area (Å²) in [5.74, 6) is -0.919. The number of urea groups is 1. The van der Waals surface area contributed by atoms with Gasteiger partial charge in [-0.15, -0.1) is 0 Å². The van der Waals surface area contributed by atoms with Crippen LogP contribution in [0.25, 0.3) is 0 Å². The van der Waals surface area contributed by atoms with E-state index < -0.39 is 23.6 Å². The maximum Gasteiger partial charge on any atom is 0.313 e. The summed E-state index contributed by atoms with van der Waals surface area (Å²) in [7, 11) is 0. The van der Waals surface area contributed by atoms with Gasteiger partial charge in [0.2, 0.25) is 5.78 Å². The molecule has 0 spiro atoms. The van der Waals surface area contributed by atoms with E-state index in [1.54, 1.807) is 24.3 Å². The standard InChI is InChI=1S/C13H12N4O3/c14-7-1-3-8(4-2-7)16-11-9(18)5-6-10(19)12(11)17-13(15)20/h1-6,12H,14H2,(H3,15,17,20). The number of rotatable bonds is 2. The van der Waals surface area contributed by atoms with Crippen LogP contribution in [-0.4, -0.2) is 29.4 Å². The SMILES string of the molecule is NC(=O)NC1C(=O)C=CC(=O)C1=Nc1ccc(N)cc1. The van der Waals surface area contributed by atoms with E-state index in [2.05, 4.69) is 10.3 Å². The Kier molecular flexibility index (Phi) is 3.60. The highest BCUT2D eigenvalue weighted by Crippen LogP contribution is 2.16. The van der Waals surface area contributed by atoms with Crippen LogP contribution in [0.15, 0.2) is 41.4 Å². The maximum atomic E-state index is 11.8. The lowest BCUT2D eigenvalue weighted by molar-refractivity contribution is -0.117. The summed E-state index contributed by atoms with van der Waals surface area (Å²) in [4.78, 5) is 38.5. The maximum absolute atomic E-state index is 11.8. The first kappa shape index (κ1) is 13.5. The lowest BCUT2D eigenvalue weighted by Crippen LogP contribution is -2.51. The highest BCUT2D eigenvalue weighted by Gasteiger charge is 2.31. The lowest BCUT2D eigenvalue weighted by Gasteiger charge is -2.18. The summed E-state index contributed by atoms with van der Waals surface area (Å²) in [6, 6.07) is 4.35. The van der Waals surface area contributed by atoms with Crippen LogP contribution >= 0.6 is 0 Å². The molecular weight excluding hydrogens is 260 g/mol. The molecule has 0 bridgehead atoms. The minimum atomic E-state index is -1.16. The van der Waals surface area contributed by atoms with E-state index in [0.29, 0.717) is 11.4 Å². The summed E-state index contributed by atoms with van der Waals surface area (Å²) >= 11 is 0. The second kappa shape index (κ2) is 5.35. The van der Waals surface area contributed by atoms with E-state index >= 15 is 0 Å². The average Bonchev–Trinajstić information content (AvgIpc) is 2.40. The second-order valence-electron chi connectivity index (χ2n) is 4.13. The van der Waals surface area contributed by atoms with Crippen molar-refractivity contribution >= 4 is 34.7 Å². The molecule has 1 atom stereocenters. The topological polar surface area (TPSA) is 128 Å². The van der Waals surface area contributed by atoms with Crippen LogP contribution in [0.1, 0.15) is 0 Å². The van der Waals surface area contributed by atoms with Crippen LogP contribution in [0.3, 0.4) is 0 Å². The van der Waals surface area contributed by atoms with Gasteiger partial charge in [-0.3, -0.25) is 9.59 Å². The van der Waals surface area contributed by atoms with Crippen molar-refractivity contribution in [2.75, 3.05) is 5.73 Å². The zero-order chi connectivity index (χ0) is 14.7. The van der Waals surface area contributed by atoms with Gasteiger partial charge in [-0.2, -0.15) is 0 Å². The van der Waals surface area contributed by atoms with Crippen LogP contribution in [0.4, 0.5) is 16.2 Å². The molecule has 7 heteroatoms. The third-order valence-electron chi connectivity index (χ3n) is 2.64. The van der Waals surface area contributed by atoms with Crippen LogP contribution in [0.5, 0.6) is 0 Å². The molecule has 0 fully saturated rings. The third-order valence-corrected chi connectivity index (χ3v) is 2.64. The quantitative estimate of drug-likeness (QED) is 0.659. The number of hydrogen-bond acceptors (Lipinski definition) is 5. The minimum absolute atomic E-state index is 0.0823. The number of nitrogens with one attached hydrogen (secondary N) is 1. The normalized spacial score (nSPS) is 20.2. The van der Waals surface area contributed by atoms with Gasteiger partial charge in [0, 0.05) is 5.69 Å². The Bertz CT molecular complexity index is 632. The van der Waals surface area contributed by atoms with Gasteiger partial charge in [0.05, 0.1) is 5.69 Å². The van der Waals surface area contributed by atoms with Crippen molar-refractivity contribution < 1.29 is 14.4 Å². The molecule has 1 aliphatic carbocycles. The van der Waals surface area contributed by atoms with Gasteiger partial charge >= 0.3 is 6.03 Å². The van der Waals surface area contributed by atoms with Gasteiger partial charge in [-0.05, 0) is 36.4 Å². The van der Waals surface area contributed by atoms with E-state index in [1.807, 2.05) is 0 Å². The van der Waals surface area contributed by atoms with Gasteiger partial charge in [0.15, 0.2) is 5.78 Å². The smallest absolute Gasteiger partial charge is 0.313 e. The highest BCUT2D eigenvalue weighted by molar-refractivity contribution is 6.52. The average molecular weight is 272 g/mol. The molecule has 5 N–H and O–H groups in total. The molecule has 0 radical (unpaired) electrons. The van der Waals surface area contributed by atoms with Crippen molar-refractivity contribution in [2.24, 2.45) is 10.7 Å². The molecular formula is C13H12N4O3. The van der Waals surface area contributed by atoms with E-state index in [-0.39, 0.29) is 5.71 Å². The number of allylic oxidation sites excluding steroid dienone is 1. The van der Waals surface area contributed by atoms with Crippen molar-refractivity contribution in [3.05, 3.63) is 36.4 Å². The van der Waals surface area contributed by atoms with E-state index in [9.17, 15) is 14.4 Å². The van der Waals surface area contributed by atoms with Gasteiger partial charge in [-0.1, -0.05) is 0 Å². The van der Waals surface area contributed by atoms with E-state index in [0.717, 1.165) is 12.2 Å². The van der Waals surface area contributed by atoms with Crippen LogP contribution in [0.2, 0.25) is 0 Å². The molecule has 20 heavy (non-hydrogen) atoms. The number of primary amides is 1. The molecule has 1 aromatic carbocycles. The molecule has 0 aliphatic heterocycles. The molecule has 7 nitrogen and oxygen atoms in total. The van der Waals surface area contributed by atoms with Crippen LogP contribution in [-0.2, 0) is 9.59 Å². The van der Waals surface area contributed by atoms with Crippen molar-refractivity contribution in [3.63, 3.8) is 0 Å². The number of benzene rings is 1. The molecule has 1 aliphatic rings. The van der Waals surface area contributed by atoms with Crippen molar-refractivity contribution in [1.82, 2.24) is 5.32 Å². The fraction of sp³-hybridized carbons (Fsp3) is 0.0769. The number of nitrogen functional groups attached to an aromatic ring is 1. The number of carbonyl (C=O) groups is 3. The number of carbonyl (C=O) groups excluding carboxylic acids is 3. The summed E-state index contributed by atoms with van der Waals surface area (Å²) in [5, 5.41) is 2.21. The first-order valence-electron chi connectivity index (χ1n) is 5.74. The number of hydrogen-bond donors (Lipinski definition) is 3. The zero-order valence-electron chi connectivity index (χ0n) is 10.4. The Labute approximate surface area is 114 Å². The minimum Gasteiger partial charge on any atom is -0.399 e. The van der Waals surface area contributed by atoms with Crippen molar-refractivity contribution in [3.8, 4) is 0 Å². The molecule has 0 saturated heterocycles. The molecule has 1 unspecified atom stereocenters. The van der Waals surface area contributed by atoms with Crippen molar-refractivity contribution in [1.29, 1.82) is 0 Å². The molecule has 0 heterocycles. The Morgan fingerprint density at radius 1 is 1.15 bits per heavy atom. The van der Waals surface area contributed by atoms with E-state index in [1.165, 1.54) is 0 Å². The number of ketones is 2. The zero-order valence-corrected chi connectivity index (χ0v) is 10.4. The number of nitrogens with zero attached hydrogens (tertiary/aromatic N) is 1. The summed E-state index contributed by atoms with van der Waals surface area (Å²) < 4.78 is 0. The van der Waals surface area contributed by atoms with Crippen LogP contribution in [0, 0.1) is 0 Å². The Morgan fingerprint density at radius 2 is 1.80 bits per heavy atom. The monoisotopic (exact) mass is 272 g/mol.